The standard InChI is InChI=1S/C8H10BrClN2/c1-12(6-4-10)8-7(9)3-2-5-11-8/h2-3,5H,4,6H2,1H3. The van der Waals surface area contributed by atoms with E-state index in [-0.39, 0.29) is 0 Å². The number of anilines is 1. The maximum absolute atomic E-state index is 5.61. The van der Waals surface area contributed by atoms with Gasteiger partial charge in [-0.2, -0.15) is 0 Å². The molecule has 1 heterocycles. The minimum atomic E-state index is 0.611. The van der Waals surface area contributed by atoms with Gasteiger partial charge >= 0.3 is 0 Å². The van der Waals surface area contributed by atoms with Gasteiger partial charge < -0.3 is 4.90 Å². The Balaban J connectivity index is 2.79. The van der Waals surface area contributed by atoms with Crippen LogP contribution in [0.5, 0.6) is 0 Å². The molecule has 0 spiro atoms. The third kappa shape index (κ3) is 2.35. The molecular weight excluding hydrogens is 239 g/mol. The number of hydrogen-bond acceptors (Lipinski definition) is 2. The molecule has 0 N–H and O–H groups in total. The van der Waals surface area contributed by atoms with Crippen molar-refractivity contribution in [3.63, 3.8) is 0 Å². The van der Waals surface area contributed by atoms with E-state index in [1.54, 1.807) is 6.20 Å². The number of pyridine rings is 1. The number of nitrogens with zero attached hydrogens (tertiary/aromatic N) is 2. The molecule has 0 fully saturated rings. The summed E-state index contributed by atoms with van der Waals surface area (Å²) in [5.74, 6) is 1.54. The second-order valence-electron chi connectivity index (χ2n) is 2.42. The van der Waals surface area contributed by atoms with Crippen LogP contribution >= 0.6 is 27.5 Å². The van der Waals surface area contributed by atoms with E-state index in [0.29, 0.717) is 5.88 Å². The Hall–Kier alpha value is -0.280. The lowest BCUT2D eigenvalue weighted by atomic mass is 10.4. The van der Waals surface area contributed by atoms with Gasteiger partial charge in [-0.05, 0) is 28.1 Å². The van der Waals surface area contributed by atoms with E-state index in [0.717, 1.165) is 16.8 Å². The summed E-state index contributed by atoms with van der Waals surface area (Å²) < 4.78 is 0.998. The van der Waals surface area contributed by atoms with Gasteiger partial charge in [0, 0.05) is 25.7 Å². The minimum Gasteiger partial charge on any atom is -0.358 e. The molecule has 2 nitrogen and oxygen atoms in total. The highest BCUT2D eigenvalue weighted by atomic mass is 79.9. The van der Waals surface area contributed by atoms with E-state index < -0.39 is 0 Å². The zero-order valence-corrected chi connectivity index (χ0v) is 9.14. The molecule has 0 amide bonds. The maximum atomic E-state index is 5.61. The molecule has 0 aliphatic carbocycles. The quantitative estimate of drug-likeness (QED) is 0.765. The third-order valence-electron chi connectivity index (χ3n) is 1.52. The van der Waals surface area contributed by atoms with E-state index in [9.17, 15) is 0 Å². The first kappa shape index (κ1) is 9.81. The van der Waals surface area contributed by atoms with E-state index in [4.69, 9.17) is 11.6 Å². The highest BCUT2D eigenvalue weighted by Crippen LogP contribution is 2.21. The molecule has 0 unspecified atom stereocenters. The van der Waals surface area contributed by atoms with Gasteiger partial charge in [0.1, 0.15) is 5.82 Å². The Morgan fingerprint density at radius 1 is 1.67 bits per heavy atom. The molecule has 0 aliphatic rings. The highest BCUT2D eigenvalue weighted by molar-refractivity contribution is 9.10. The van der Waals surface area contributed by atoms with E-state index in [1.807, 2.05) is 24.1 Å². The summed E-state index contributed by atoms with van der Waals surface area (Å²) in [6.07, 6.45) is 1.77. The average molecular weight is 250 g/mol. The molecule has 0 saturated heterocycles. The first-order valence-electron chi connectivity index (χ1n) is 3.63. The zero-order chi connectivity index (χ0) is 8.97. The second-order valence-corrected chi connectivity index (χ2v) is 3.65. The molecule has 1 aromatic heterocycles. The molecule has 0 radical (unpaired) electrons. The van der Waals surface area contributed by atoms with E-state index in [1.165, 1.54) is 0 Å². The monoisotopic (exact) mass is 248 g/mol. The number of alkyl halides is 1. The maximum Gasteiger partial charge on any atom is 0.142 e. The summed E-state index contributed by atoms with van der Waals surface area (Å²) in [4.78, 5) is 6.23. The van der Waals surface area contributed by atoms with Crippen LogP contribution in [0.15, 0.2) is 22.8 Å². The number of aromatic nitrogens is 1. The van der Waals surface area contributed by atoms with Crippen LogP contribution < -0.4 is 4.90 Å². The molecule has 0 saturated carbocycles. The van der Waals surface area contributed by atoms with Crippen molar-refractivity contribution in [2.24, 2.45) is 0 Å². The van der Waals surface area contributed by atoms with Crippen molar-refractivity contribution in [3.05, 3.63) is 22.8 Å². The van der Waals surface area contributed by atoms with Gasteiger partial charge in [-0.1, -0.05) is 0 Å². The predicted molar refractivity (Wildman–Crippen MR) is 55.9 cm³/mol. The first-order chi connectivity index (χ1) is 5.75. The van der Waals surface area contributed by atoms with Crippen molar-refractivity contribution in [1.82, 2.24) is 4.98 Å². The molecule has 0 aliphatic heterocycles. The lowest BCUT2D eigenvalue weighted by Gasteiger charge is -2.17. The molecule has 1 aromatic rings. The van der Waals surface area contributed by atoms with Gasteiger partial charge in [-0.3, -0.25) is 0 Å². The molecule has 0 atom stereocenters. The summed E-state index contributed by atoms with van der Waals surface area (Å²) >= 11 is 9.03. The zero-order valence-electron chi connectivity index (χ0n) is 6.80. The van der Waals surface area contributed by atoms with Gasteiger partial charge in [-0.25, -0.2) is 4.98 Å². The summed E-state index contributed by atoms with van der Waals surface area (Å²) in [5, 5.41) is 0. The van der Waals surface area contributed by atoms with Gasteiger partial charge in [0.15, 0.2) is 0 Å². The molecule has 0 aromatic carbocycles. The SMILES string of the molecule is CN(CCCl)c1ncccc1Br. The largest absolute Gasteiger partial charge is 0.358 e. The number of hydrogen-bond donors (Lipinski definition) is 0. The first-order valence-corrected chi connectivity index (χ1v) is 4.96. The fourth-order valence-corrected chi connectivity index (χ4v) is 1.70. The van der Waals surface area contributed by atoms with Crippen molar-refractivity contribution in [2.45, 2.75) is 0 Å². The molecular formula is C8H10BrClN2. The van der Waals surface area contributed by atoms with Crippen LogP contribution in [-0.4, -0.2) is 24.5 Å². The molecule has 12 heavy (non-hydrogen) atoms. The number of halogens is 2. The van der Waals surface area contributed by atoms with Crippen molar-refractivity contribution in [1.29, 1.82) is 0 Å². The Morgan fingerprint density at radius 2 is 2.42 bits per heavy atom. The summed E-state index contributed by atoms with van der Waals surface area (Å²) in [6.45, 7) is 0.803. The predicted octanol–water partition coefficient (Wildman–Crippen LogP) is 2.52. The third-order valence-corrected chi connectivity index (χ3v) is 2.31. The molecule has 1 rings (SSSR count). The lowest BCUT2D eigenvalue weighted by Crippen LogP contribution is -2.20. The van der Waals surface area contributed by atoms with Gasteiger partial charge in [0.25, 0.3) is 0 Å². The second kappa shape index (κ2) is 4.67. The van der Waals surface area contributed by atoms with Gasteiger partial charge in [0.05, 0.1) is 4.47 Å². The topological polar surface area (TPSA) is 16.1 Å². The number of rotatable bonds is 3. The van der Waals surface area contributed by atoms with E-state index in [2.05, 4.69) is 20.9 Å². The molecule has 0 bridgehead atoms. The van der Waals surface area contributed by atoms with Crippen LogP contribution in [0.1, 0.15) is 0 Å². The lowest BCUT2D eigenvalue weighted by molar-refractivity contribution is 0.938. The van der Waals surface area contributed by atoms with Gasteiger partial charge in [0.2, 0.25) is 0 Å². The fourth-order valence-electron chi connectivity index (χ4n) is 0.891. The highest BCUT2D eigenvalue weighted by Gasteiger charge is 2.04. The fraction of sp³-hybridized carbons (Fsp3) is 0.375. The van der Waals surface area contributed by atoms with Crippen molar-refractivity contribution < 1.29 is 0 Å². The summed E-state index contributed by atoms with van der Waals surface area (Å²) in [7, 11) is 1.97. The van der Waals surface area contributed by atoms with Gasteiger partial charge in [-0.15, -0.1) is 11.6 Å². The van der Waals surface area contributed by atoms with Crippen LogP contribution in [0, 0.1) is 0 Å². The minimum absolute atomic E-state index is 0.611. The van der Waals surface area contributed by atoms with Crippen LogP contribution in [0.25, 0.3) is 0 Å². The van der Waals surface area contributed by atoms with Crippen LogP contribution in [0.2, 0.25) is 0 Å². The average Bonchev–Trinajstić information content (AvgIpc) is 2.05. The Morgan fingerprint density at radius 3 is 3.00 bits per heavy atom. The summed E-state index contributed by atoms with van der Waals surface area (Å²) in [5.41, 5.74) is 0. The van der Waals surface area contributed by atoms with Crippen LogP contribution in [0.3, 0.4) is 0 Å². The van der Waals surface area contributed by atoms with Crippen molar-refractivity contribution >= 4 is 33.3 Å². The molecule has 66 valence electrons. The Kier molecular flexibility index (Phi) is 3.82. The Labute approximate surface area is 85.7 Å². The van der Waals surface area contributed by atoms with Crippen LogP contribution in [-0.2, 0) is 0 Å². The smallest absolute Gasteiger partial charge is 0.142 e. The molecule has 4 heteroatoms. The van der Waals surface area contributed by atoms with Crippen LogP contribution in [0.4, 0.5) is 5.82 Å². The summed E-state index contributed by atoms with van der Waals surface area (Å²) in [6, 6.07) is 3.86. The Bertz CT molecular complexity index is 255. The van der Waals surface area contributed by atoms with E-state index >= 15 is 0 Å². The van der Waals surface area contributed by atoms with Crippen molar-refractivity contribution in [2.75, 3.05) is 24.4 Å². The van der Waals surface area contributed by atoms with Crippen molar-refractivity contribution in [3.8, 4) is 0 Å². The normalized spacial score (nSPS) is 9.92.